The average molecular weight is 480 g/mol. The minimum absolute atomic E-state index is 0.0611. The second-order valence-corrected chi connectivity index (χ2v) is 9.61. The number of ether oxygens (including phenoxy) is 1. The van der Waals surface area contributed by atoms with Crippen molar-refractivity contribution in [2.75, 3.05) is 18.1 Å². The predicted octanol–water partition coefficient (Wildman–Crippen LogP) is 5.96. The lowest BCUT2D eigenvalue weighted by molar-refractivity contribution is -0.125. The van der Waals surface area contributed by atoms with Gasteiger partial charge in [0.05, 0.1) is 18.0 Å². The van der Waals surface area contributed by atoms with Crippen LogP contribution in [-0.2, 0) is 16.8 Å². The molecule has 0 saturated carbocycles. The number of carbonyl (C=O) groups excluding carboxylic acids is 2. The maximum atomic E-state index is 14.2. The van der Waals surface area contributed by atoms with Gasteiger partial charge in [0, 0.05) is 23.4 Å². The van der Waals surface area contributed by atoms with Gasteiger partial charge in [-0.05, 0) is 55.2 Å². The lowest BCUT2D eigenvalue weighted by atomic mass is 9.78. The van der Waals surface area contributed by atoms with Crippen molar-refractivity contribution in [2.45, 2.75) is 38.6 Å². The van der Waals surface area contributed by atoms with Crippen molar-refractivity contribution in [3.05, 3.63) is 95.2 Å². The first kappa shape index (κ1) is 22.4. The third-order valence-electron chi connectivity index (χ3n) is 7.72. The molecule has 36 heavy (non-hydrogen) atoms. The van der Waals surface area contributed by atoms with Gasteiger partial charge in [0.2, 0.25) is 0 Å². The van der Waals surface area contributed by atoms with Crippen LogP contribution in [0.15, 0.2) is 72.8 Å². The minimum Gasteiger partial charge on any atom is -0.492 e. The first-order valence-electron chi connectivity index (χ1n) is 12.6. The summed E-state index contributed by atoms with van der Waals surface area (Å²) >= 11 is 0. The number of aryl methyl sites for hydroxylation is 1. The summed E-state index contributed by atoms with van der Waals surface area (Å²) in [6.45, 7) is 6.74. The van der Waals surface area contributed by atoms with E-state index in [9.17, 15) is 9.59 Å². The van der Waals surface area contributed by atoms with Gasteiger partial charge in [0.15, 0.2) is 5.54 Å². The molecule has 1 N–H and O–H groups in total. The fraction of sp³-hybridized carbons (Fsp3) is 0.267. The molecule has 3 amide bonds. The van der Waals surface area contributed by atoms with E-state index in [4.69, 9.17) is 4.74 Å². The Balaban J connectivity index is 1.55. The summed E-state index contributed by atoms with van der Waals surface area (Å²) in [6, 6.07) is 23.7. The molecule has 2 aliphatic rings. The molecule has 182 valence electrons. The molecule has 0 bridgehead atoms. The molecule has 4 aromatic rings. The van der Waals surface area contributed by atoms with Crippen molar-refractivity contribution in [2.24, 2.45) is 0 Å². The van der Waals surface area contributed by atoms with Crippen LogP contribution in [0.25, 0.3) is 10.9 Å². The number of amides is 3. The number of benzene rings is 3. The molecule has 0 unspecified atom stereocenters. The van der Waals surface area contributed by atoms with Gasteiger partial charge in [-0.2, -0.15) is 0 Å². The SMILES string of the molecule is CCOc1ccccc1N1C(=O)N2C[C@@H](c3ccc(CC)cc3)c3c([nH]c4ccccc34)[C@@]2(C)C1=O. The summed E-state index contributed by atoms with van der Waals surface area (Å²) in [6.07, 6.45) is 0.967. The molecule has 0 aliphatic carbocycles. The van der Waals surface area contributed by atoms with Crippen LogP contribution in [0.4, 0.5) is 10.5 Å². The fourth-order valence-corrected chi connectivity index (χ4v) is 5.81. The van der Waals surface area contributed by atoms with Crippen LogP contribution in [-0.4, -0.2) is 35.0 Å². The van der Waals surface area contributed by atoms with E-state index >= 15 is 0 Å². The van der Waals surface area contributed by atoms with E-state index in [0.29, 0.717) is 24.6 Å². The number of imide groups is 1. The number of nitrogens with one attached hydrogen (secondary N) is 1. The van der Waals surface area contributed by atoms with Crippen LogP contribution in [0.5, 0.6) is 5.75 Å². The van der Waals surface area contributed by atoms with Gasteiger partial charge in [-0.15, -0.1) is 0 Å². The fourth-order valence-electron chi connectivity index (χ4n) is 5.81. The first-order valence-corrected chi connectivity index (χ1v) is 12.6. The number of hydrogen-bond acceptors (Lipinski definition) is 3. The van der Waals surface area contributed by atoms with E-state index in [-0.39, 0.29) is 17.9 Å². The van der Waals surface area contributed by atoms with Gasteiger partial charge in [-0.1, -0.05) is 61.5 Å². The normalized spacial score (nSPS) is 21.1. The summed E-state index contributed by atoms with van der Waals surface area (Å²) < 4.78 is 5.79. The highest BCUT2D eigenvalue weighted by molar-refractivity contribution is 6.24. The Hall–Kier alpha value is -4.06. The molecule has 6 nitrogen and oxygen atoms in total. The number of carbonyl (C=O) groups is 2. The number of hydrogen-bond donors (Lipinski definition) is 1. The first-order chi connectivity index (χ1) is 17.5. The molecular weight excluding hydrogens is 450 g/mol. The minimum atomic E-state index is -1.15. The van der Waals surface area contributed by atoms with Crippen LogP contribution in [0, 0.1) is 0 Å². The molecule has 0 radical (unpaired) electrons. The van der Waals surface area contributed by atoms with E-state index in [0.717, 1.165) is 34.1 Å². The highest BCUT2D eigenvalue weighted by atomic mass is 16.5. The number of rotatable bonds is 5. The maximum Gasteiger partial charge on any atom is 0.332 e. The second-order valence-electron chi connectivity index (χ2n) is 9.61. The van der Waals surface area contributed by atoms with E-state index in [1.165, 1.54) is 10.5 Å². The molecule has 1 saturated heterocycles. The Labute approximate surface area is 210 Å². The molecule has 2 aliphatic heterocycles. The number of nitrogens with zero attached hydrogens (tertiary/aromatic N) is 2. The molecule has 0 spiro atoms. The van der Waals surface area contributed by atoms with Gasteiger partial charge in [0.25, 0.3) is 5.91 Å². The monoisotopic (exact) mass is 479 g/mol. The molecule has 3 aromatic carbocycles. The Kier molecular flexibility index (Phi) is 5.14. The summed E-state index contributed by atoms with van der Waals surface area (Å²) in [7, 11) is 0. The highest BCUT2D eigenvalue weighted by Gasteiger charge is 2.61. The second kappa shape index (κ2) is 8.26. The van der Waals surface area contributed by atoms with E-state index < -0.39 is 5.54 Å². The standard InChI is InChI=1S/C30H29N3O3/c1-4-19-14-16-20(17-15-19)22-18-32-29(35)33(24-12-8-9-13-25(24)36-5-2)28(34)30(32,3)27-26(22)21-10-6-7-11-23(21)31-27/h6-17,22,31H,4-5,18H2,1-3H3/t22-,30-/m0/s1. The van der Waals surface area contributed by atoms with Crippen LogP contribution >= 0.6 is 0 Å². The Morgan fingerprint density at radius 2 is 1.69 bits per heavy atom. The predicted molar refractivity (Wildman–Crippen MR) is 141 cm³/mol. The van der Waals surface area contributed by atoms with Crippen molar-refractivity contribution < 1.29 is 14.3 Å². The molecule has 1 aromatic heterocycles. The molecule has 6 rings (SSSR count). The zero-order valence-corrected chi connectivity index (χ0v) is 20.7. The lowest BCUT2D eigenvalue weighted by Crippen LogP contribution is -2.50. The Morgan fingerprint density at radius 1 is 0.972 bits per heavy atom. The quantitative estimate of drug-likeness (QED) is 0.359. The summed E-state index contributed by atoms with van der Waals surface area (Å²) in [5.41, 5.74) is 4.58. The summed E-state index contributed by atoms with van der Waals surface area (Å²) in [5, 5.41) is 1.09. The van der Waals surface area contributed by atoms with Gasteiger partial charge in [0.1, 0.15) is 5.75 Å². The van der Waals surface area contributed by atoms with Gasteiger partial charge < -0.3 is 14.6 Å². The van der Waals surface area contributed by atoms with Gasteiger partial charge in [-0.25, -0.2) is 9.69 Å². The van der Waals surface area contributed by atoms with Gasteiger partial charge >= 0.3 is 6.03 Å². The Morgan fingerprint density at radius 3 is 2.44 bits per heavy atom. The Bertz CT molecular complexity index is 1490. The number of para-hydroxylation sites is 3. The molecule has 3 heterocycles. The maximum absolute atomic E-state index is 14.2. The van der Waals surface area contributed by atoms with Crippen molar-refractivity contribution in [3.8, 4) is 5.75 Å². The molecule has 1 fully saturated rings. The summed E-state index contributed by atoms with van der Waals surface area (Å²) in [5.74, 6) is 0.190. The zero-order valence-electron chi connectivity index (χ0n) is 20.7. The lowest BCUT2D eigenvalue weighted by Gasteiger charge is -2.40. The molecular formula is C30H29N3O3. The van der Waals surface area contributed by atoms with Gasteiger partial charge in [-0.3, -0.25) is 4.79 Å². The van der Waals surface area contributed by atoms with Crippen LogP contribution in [0.3, 0.4) is 0 Å². The van der Waals surface area contributed by atoms with E-state index in [1.54, 1.807) is 17.0 Å². The van der Waals surface area contributed by atoms with Crippen molar-refractivity contribution >= 4 is 28.5 Å². The van der Waals surface area contributed by atoms with Crippen LogP contribution < -0.4 is 9.64 Å². The largest absolute Gasteiger partial charge is 0.492 e. The molecule has 2 atom stereocenters. The topological polar surface area (TPSA) is 65.6 Å². The van der Waals surface area contributed by atoms with E-state index in [1.807, 2.05) is 44.2 Å². The van der Waals surface area contributed by atoms with Crippen molar-refractivity contribution in [3.63, 3.8) is 0 Å². The third-order valence-corrected chi connectivity index (χ3v) is 7.72. The van der Waals surface area contributed by atoms with Crippen LogP contribution in [0.1, 0.15) is 49.1 Å². The van der Waals surface area contributed by atoms with E-state index in [2.05, 4.69) is 42.2 Å². The molecule has 6 heteroatoms. The summed E-state index contributed by atoms with van der Waals surface area (Å²) in [4.78, 5) is 34.7. The smallest absolute Gasteiger partial charge is 0.332 e. The number of anilines is 1. The zero-order chi connectivity index (χ0) is 25.0. The number of aromatic nitrogens is 1. The average Bonchev–Trinajstić information content (AvgIpc) is 3.39. The highest BCUT2D eigenvalue weighted by Crippen LogP contribution is 2.51. The number of fused-ring (bicyclic) bond motifs is 5. The number of urea groups is 1. The van der Waals surface area contributed by atoms with Crippen molar-refractivity contribution in [1.82, 2.24) is 9.88 Å². The van der Waals surface area contributed by atoms with Crippen LogP contribution in [0.2, 0.25) is 0 Å². The van der Waals surface area contributed by atoms with Crippen molar-refractivity contribution in [1.29, 1.82) is 0 Å². The third kappa shape index (κ3) is 3.03. The number of aromatic amines is 1. The number of H-pyrrole nitrogens is 1.